The fourth-order valence-corrected chi connectivity index (χ4v) is 13.4. The Hall–Kier alpha value is -5.80. The van der Waals surface area contributed by atoms with Gasteiger partial charge in [0.2, 0.25) is 0 Å². The fourth-order valence-electron chi connectivity index (χ4n) is 13.4. The van der Waals surface area contributed by atoms with Crippen LogP contribution in [0.15, 0.2) is 133 Å². The molecule has 0 unspecified atom stereocenters. The first kappa shape index (κ1) is 49.4. The van der Waals surface area contributed by atoms with Crippen LogP contribution in [0.1, 0.15) is 187 Å². The Morgan fingerprint density at radius 2 is 0.836 bits per heavy atom. The molecule has 7 aromatic rings. The average molecular weight is 961 g/mol. The summed E-state index contributed by atoms with van der Waals surface area (Å²) in [6.45, 7) is 41.3. The van der Waals surface area contributed by atoms with Gasteiger partial charge in [-0.2, -0.15) is 0 Å². The van der Waals surface area contributed by atoms with Gasteiger partial charge in [0.25, 0.3) is 6.71 Å². The van der Waals surface area contributed by atoms with Crippen molar-refractivity contribution in [1.29, 1.82) is 0 Å². The summed E-state index contributed by atoms with van der Waals surface area (Å²) in [7, 11) is 0. The number of rotatable bonds is 5. The summed E-state index contributed by atoms with van der Waals surface area (Å²) < 4.78 is 0. The van der Waals surface area contributed by atoms with Gasteiger partial charge in [0.05, 0.1) is 5.69 Å². The number of aryl methyl sites for hydroxylation is 1. The van der Waals surface area contributed by atoms with Crippen LogP contribution in [0.25, 0.3) is 11.1 Å². The minimum Gasteiger partial charge on any atom is -0.311 e. The summed E-state index contributed by atoms with van der Waals surface area (Å²) in [5, 5.41) is 0. The maximum atomic E-state index is 2.74. The zero-order valence-corrected chi connectivity index (χ0v) is 47.5. The summed E-state index contributed by atoms with van der Waals surface area (Å²) in [4.78, 5) is 5.47. The molecular weight excluding hydrogens is 880 g/mol. The third-order valence-corrected chi connectivity index (χ3v) is 18.7. The molecule has 0 bridgehead atoms. The summed E-state index contributed by atoms with van der Waals surface area (Å²) in [6.07, 6.45) is 4.68. The summed E-state index contributed by atoms with van der Waals surface area (Å²) >= 11 is 0. The van der Waals surface area contributed by atoms with Crippen LogP contribution in [0.3, 0.4) is 0 Å². The van der Waals surface area contributed by atoms with Gasteiger partial charge in [-0.25, -0.2) is 0 Å². The topological polar surface area (TPSA) is 6.48 Å². The first-order valence-electron chi connectivity index (χ1n) is 27.6. The van der Waals surface area contributed by atoms with Gasteiger partial charge in [-0.1, -0.05) is 202 Å². The second-order valence-corrected chi connectivity index (χ2v) is 28.1. The normalized spacial score (nSPS) is 18.1. The predicted octanol–water partition coefficient (Wildman–Crippen LogP) is 17.4. The number of hydrogen-bond donors (Lipinski definition) is 0. The summed E-state index contributed by atoms with van der Waals surface area (Å²) in [5.41, 5.74) is 26.8. The largest absolute Gasteiger partial charge is 0.311 e. The standard InChI is InChI=1S/C70H81BN2/c1-44-36-51-53(68(12,13)34-32-66(51,8)9)42-58(44)73-59-38-48(70(16,17)46-26-22-19-23-27-46)28-30-55(59)71-56-41-52-54(69(14,15)35-33-67(52,10)11)43-60(56)72(61-39-49(65(5,6)7)40-62(73)63(61)71)57-31-29-47(64(2,3)4)37-50(57)45-24-20-18-21-25-45/h18-31,36-43H,32-35H2,1-17H3. The predicted molar refractivity (Wildman–Crippen MR) is 317 cm³/mol. The molecule has 0 atom stereocenters. The fraction of sp³-hybridized carbons (Fsp3) is 0.400. The lowest BCUT2D eigenvalue weighted by molar-refractivity contribution is 0.332. The van der Waals surface area contributed by atoms with Gasteiger partial charge >= 0.3 is 0 Å². The van der Waals surface area contributed by atoms with Gasteiger partial charge in [0.1, 0.15) is 0 Å². The van der Waals surface area contributed by atoms with Gasteiger partial charge < -0.3 is 9.80 Å². The third kappa shape index (κ3) is 7.87. The van der Waals surface area contributed by atoms with Crippen molar-refractivity contribution in [2.24, 2.45) is 0 Å². The van der Waals surface area contributed by atoms with Gasteiger partial charge in [0, 0.05) is 39.4 Å². The molecule has 0 saturated heterocycles. The van der Waals surface area contributed by atoms with Crippen LogP contribution in [-0.4, -0.2) is 6.71 Å². The second-order valence-electron chi connectivity index (χ2n) is 28.1. The number of hydrogen-bond acceptors (Lipinski definition) is 2. The molecule has 0 N–H and O–H groups in total. The molecule has 0 saturated carbocycles. The highest BCUT2D eigenvalue weighted by Crippen LogP contribution is 2.55. The highest BCUT2D eigenvalue weighted by Gasteiger charge is 2.48. The first-order valence-corrected chi connectivity index (χ1v) is 27.6. The molecule has 2 nitrogen and oxygen atoms in total. The van der Waals surface area contributed by atoms with Crippen molar-refractivity contribution in [2.45, 2.75) is 181 Å². The smallest absolute Gasteiger partial charge is 0.252 e. The van der Waals surface area contributed by atoms with Crippen LogP contribution in [0.4, 0.5) is 34.1 Å². The molecule has 0 spiro atoms. The highest BCUT2D eigenvalue weighted by molar-refractivity contribution is 7.00. The van der Waals surface area contributed by atoms with E-state index in [1.807, 2.05) is 0 Å². The van der Waals surface area contributed by atoms with E-state index >= 15 is 0 Å². The summed E-state index contributed by atoms with van der Waals surface area (Å²) in [6, 6.07) is 53.1. The van der Waals surface area contributed by atoms with Crippen molar-refractivity contribution in [3.63, 3.8) is 0 Å². The Morgan fingerprint density at radius 1 is 0.384 bits per heavy atom. The number of fused-ring (bicyclic) bond motifs is 6. The third-order valence-electron chi connectivity index (χ3n) is 18.7. The van der Waals surface area contributed by atoms with Crippen LogP contribution in [0.5, 0.6) is 0 Å². The lowest BCUT2D eigenvalue weighted by Gasteiger charge is -2.49. The van der Waals surface area contributed by atoms with Crippen molar-refractivity contribution < 1.29 is 0 Å². The minimum atomic E-state index is -0.236. The van der Waals surface area contributed by atoms with Crippen LogP contribution < -0.4 is 26.2 Å². The molecule has 2 aliphatic heterocycles. The molecule has 3 heteroatoms. The van der Waals surface area contributed by atoms with E-state index in [-0.39, 0.29) is 44.6 Å². The van der Waals surface area contributed by atoms with Crippen LogP contribution in [0.2, 0.25) is 0 Å². The van der Waals surface area contributed by atoms with Crippen molar-refractivity contribution in [3.8, 4) is 11.1 Å². The molecular formula is C70H81BN2. The number of benzene rings is 7. The second kappa shape index (κ2) is 16.4. The monoisotopic (exact) mass is 961 g/mol. The van der Waals surface area contributed by atoms with Gasteiger partial charge in [-0.3, -0.25) is 0 Å². The van der Waals surface area contributed by atoms with E-state index in [1.165, 1.54) is 125 Å². The van der Waals surface area contributed by atoms with E-state index in [4.69, 9.17) is 0 Å². The molecule has 11 rings (SSSR count). The molecule has 73 heavy (non-hydrogen) atoms. The van der Waals surface area contributed by atoms with E-state index in [2.05, 4.69) is 261 Å². The Labute approximate surface area is 440 Å². The average Bonchev–Trinajstić information content (AvgIpc) is 3.33. The maximum Gasteiger partial charge on any atom is 0.252 e. The number of nitrogens with zero attached hydrogens (tertiary/aromatic N) is 2. The van der Waals surface area contributed by atoms with E-state index < -0.39 is 0 Å². The zero-order valence-electron chi connectivity index (χ0n) is 47.5. The van der Waals surface area contributed by atoms with Crippen LogP contribution >= 0.6 is 0 Å². The van der Waals surface area contributed by atoms with Crippen molar-refractivity contribution in [1.82, 2.24) is 0 Å². The van der Waals surface area contributed by atoms with Crippen LogP contribution in [-0.2, 0) is 37.9 Å². The van der Waals surface area contributed by atoms with Crippen LogP contribution in [0, 0.1) is 6.92 Å². The minimum absolute atomic E-state index is 0.00104. The van der Waals surface area contributed by atoms with Crippen molar-refractivity contribution >= 4 is 57.2 Å². The van der Waals surface area contributed by atoms with E-state index in [9.17, 15) is 0 Å². The Balaban J connectivity index is 1.31. The zero-order chi connectivity index (χ0) is 52.2. The highest BCUT2D eigenvalue weighted by atomic mass is 15.2. The van der Waals surface area contributed by atoms with Crippen molar-refractivity contribution in [3.05, 3.63) is 184 Å². The van der Waals surface area contributed by atoms with E-state index in [1.54, 1.807) is 0 Å². The molecule has 374 valence electrons. The first-order chi connectivity index (χ1) is 34.1. The van der Waals surface area contributed by atoms with E-state index in [0.29, 0.717) is 0 Å². The molecule has 0 amide bonds. The molecule has 7 aromatic carbocycles. The Morgan fingerprint density at radius 3 is 1.38 bits per heavy atom. The molecule has 2 heterocycles. The van der Waals surface area contributed by atoms with Crippen molar-refractivity contribution in [2.75, 3.05) is 9.80 Å². The number of anilines is 6. The van der Waals surface area contributed by atoms with E-state index in [0.717, 1.165) is 12.8 Å². The lowest BCUT2D eigenvalue weighted by atomic mass is 9.33. The quantitative estimate of drug-likeness (QED) is 0.159. The SMILES string of the molecule is Cc1cc2c(cc1N1c3cc(C(C)(C)c4ccccc4)ccc3B3c4cc5c(cc4N(c4ccc(C(C)(C)C)cc4-c4ccccc4)c4cc(C(C)(C)C)cc1c43)C(C)(C)CCC5(C)C)C(C)(C)CCC2(C)C. The van der Waals surface area contributed by atoms with Gasteiger partial charge in [-0.05, 0) is 180 Å². The molecule has 0 radical (unpaired) electrons. The molecule has 0 aromatic heterocycles. The molecule has 4 aliphatic rings. The Kier molecular flexibility index (Phi) is 11.1. The summed E-state index contributed by atoms with van der Waals surface area (Å²) in [5.74, 6) is 0. The van der Waals surface area contributed by atoms with Gasteiger partial charge in [0.15, 0.2) is 0 Å². The molecule has 2 aliphatic carbocycles. The Bertz CT molecular complexity index is 3350. The molecule has 0 fully saturated rings. The lowest BCUT2D eigenvalue weighted by Crippen LogP contribution is -2.62. The van der Waals surface area contributed by atoms with Gasteiger partial charge in [-0.15, -0.1) is 0 Å². The maximum absolute atomic E-state index is 2.74.